The maximum atomic E-state index is 12.4. The number of nitrogens with two attached hydrogens (primary N) is 1. The number of thiophene rings is 1. The molecule has 1 atom stereocenters. The average molecular weight is 361 g/mol. The zero-order chi connectivity index (χ0) is 18.2. The van der Waals surface area contributed by atoms with Gasteiger partial charge in [-0.25, -0.2) is 0 Å². The minimum Gasteiger partial charge on any atom is -0.494 e. The monoisotopic (exact) mass is 361 g/mol. The minimum atomic E-state index is -0.546. The van der Waals surface area contributed by atoms with Crippen molar-refractivity contribution >= 4 is 28.2 Å². The highest BCUT2D eigenvalue weighted by molar-refractivity contribution is 7.14. The predicted molar refractivity (Wildman–Crippen MR) is 100 cm³/mol. The number of hydrogen-bond acceptors (Lipinski definition) is 5. The standard InChI is InChI=1S/C18H23N3O3S/c1-13(17(23)20-18-15(16(19)22)9-12-25-18)21(2)10-6-11-24-14-7-4-3-5-8-14/h3-5,7-9,12-13H,6,10-11H2,1-2H3,(H2,19,22)(H,20,23). The van der Waals surface area contributed by atoms with Crippen LogP contribution in [-0.4, -0.2) is 43.0 Å². The number of hydrogen-bond donors (Lipinski definition) is 2. The molecule has 3 N–H and O–H groups in total. The second-order valence-corrected chi connectivity index (χ2v) is 6.60. The third-order valence-electron chi connectivity index (χ3n) is 3.88. The average Bonchev–Trinajstić information content (AvgIpc) is 3.07. The fourth-order valence-electron chi connectivity index (χ4n) is 2.23. The first-order chi connectivity index (χ1) is 12.0. The Kier molecular flexibility index (Phi) is 6.97. The number of likely N-dealkylation sites (N-methyl/N-ethyl adjacent to an activating group) is 1. The lowest BCUT2D eigenvalue weighted by Crippen LogP contribution is -2.40. The van der Waals surface area contributed by atoms with E-state index in [0.717, 1.165) is 12.2 Å². The quantitative estimate of drug-likeness (QED) is 0.672. The lowest BCUT2D eigenvalue weighted by atomic mass is 10.2. The number of benzene rings is 1. The Hall–Kier alpha value is -2.38. The lowest BCUT2D eigenvalue weighted by Gasteiger charge is -2.23. The van der Waals surface area contributed by atoms with Crippen LogP contribution in [0.3, 0.4) is 0 Å². The van der Waals surface area contributed by atoms with Crippen LogP contribution in [0.2, 0.25) is 0 Å². The Labute approximate surface area is 151 Å². The van der Waals surface area contributed by atoms with Gasteiger partial charge in [-0.1, -0.05) is 18.2 Å². The molecule has 0 aliphatic rings. The number of ether oxygens (including phenoxy) is 1. The highest BCUT2D eigenvalue weighted by atomic mass is 32.1. The molecule has 0 saturated heterocycles. The van der Waals surface area contributed by atoms with Crippen LogP contribution in [0.1, 0.15) is 23.7 Å². The smallest absolute Gasteiger partial charge is 0.251 e. The predicted octanol–water partition coefficient (Wildman–Crippen LogP) is 2.57. The number of primary amides is 1. The normalized spacial score (nSPS) is 12.0. The lowest BCUT2D eigenvalue weighted by molar-refractivity contribution is -0.120. The molecule has 7 heteroatoms. The summed E-state index contributed by atoms with van der Waals surface area (Å²) in [7, 11) is 1.89. The first kappa shape index (κ1) is 19.0. The summed E-state index contributed by atoms with van der Waals surface area (Å²) in [4.78, 5) is 25.6. The maximum absolute atomic E-state index is 12.4. The van der Waals surface area contributed by atoms with Crippen LogP contribution in [0.5, 0.6) is 5.75 Å². The van der Waals surface area contributed by atoms with Gasteiger partial charge in [0.05, 0.1) is 18.2 Å². The van der Waals surface area contributed by atoms with Gasteiger partial charge in [-0.3, -0.25) is 14.5 Å². The van der Waals surface area contributed by atoms with Crippen LogP contribution in [0.15, 0.2) is 41.8 Å². The summed E-state index contributed by atoms with van der Waals surface area (Å²) in [6.07, 6.45) is 0.800. The molecule has 134 valence electrons. The van der Waals surface area contributed by atoms with Crippen LogP contribution >= 0.6 is 11.3 Å². The van der Waals surface area contributed by atoms with Crippen LogP contribution in [0, 0.1) is 0 Å². The number of amides is 2. The maximum Gasteiger partial charge on any atom is 0.251 e. The van der Waals surface area contributed by atoms with E-state index in [4.69, 9.17) is 10.5 Å². The third-order valence-corrected chi connectivity index (χ3v) is 4.70. The summed E-state index contributed by atoms with van der Waals surface area (Å²) >= 11 is 1.28. The van der Waals surface area contributed by atoms with Crippen molar-refractivity contribution < 1.29 is 14.3 Å². The van der Waals surface area contributed by atoms with E-state index >= 15 is 0 Å². The van der Waals surface area contributed by atoms with Crippen molar-refractivity contribution in [2.45, 2.75) is 19.4 Å². The summed E-state index contributed by atoms with van der Waals surface area (Å²) in [6, 6.07) is 10.9. The molecule has 0 radical (unpaired) electrons. The minimum absolute atomic E-state index is 0.170. The largest absolute Gasteiger partial charge is 0.494 e. The van der Waals surface area contributed by atoms with Gasteiger partial charge in [0.1, 0.15) is 10.8 Å². The van der Waals surface area contributed by atoms with Gasteiger partial charge in [0.2, 0.25) is 5.91 Å². The number of carbonyl (C=O) groups is 2. The van der Waals surface area contributed by atoms with Crippen molar-refractivity contribution in [3.8, 4) is 5.75 Å². The molecule has 0 spiro atoms. The van der Waals surface area contributed by atoms with Gasteiger partial charge in [0.15, 0.2) is 0 Å². The molecule has 1 heterocycles. The number of para-hydroxylation sites is 1. The fourth-order valence-corrected chi connectivity index (χ4v) is 3.03. The summed E-state index contributed by atoms with van der Waals surface area (Å²) in [5, 5.41) is 4.99. The molecule has 2 amide bonds. The molecule has 1 unspecified atom stereocenters. The molecule has 25 heavy (non-hydrogen) atoms. The SMILES string of the molecule is CC(C(=O)Nc1sccc1C(N)=O)N(C)CCCOc1ccccc1. The van der Waals surface area contributed by atoms with E-state index in [1.165, 1.54) is 11.3 Å². The Morgan fingerprint density at radius 2 is 2.00 bits per heavy atom. The van der Waals surface area contributed by atoms with Crippen molar-refractivity contribution in [2.75, 3.05) is 25.5 Å². The Morgan fingerprint density at radius 3 is 2.68 bits per heavy atom. The van der Waals surface area contributed by atoms with Gasteiger partial charge in [0.25, 0.3) is 5.91 Å². The number of nitrogens with zero attached hydrogens (tertiary/aromatic N) is 1. The van der Waals surface area contributed by atoms with E-state index in [2.05, 4.69) is 5.32 Å². The molecule has 0 saturated carbocycles. The summed E-state index contributed by atoms with van der Waals surface area (Å²) in [5.74, 6) is 0.125. The van der Waals surface area contributed by atoms with Crippen LogP contribution in [-0.2, 0) is 4.79 Å². The van der Waals surface area contributed by atoms with Gasteiger partial charge in [-0.15, -0.1) is 11.3 Å². The molecule has 6 nitrogen and oxygen atoms in total. The zero-order valence-corrected chi connectivity index (χ0v) is 15.2. The molecule has 0 aliphatic heterocycles. The van der Waals surface area contributed by atoms with Crippen molar-refractivity contribution in [3.63, 3.8) is 0 Å². The van der Waals surface area contributed by atoms with Gasteiger partial charge >= 0.3 is 0 Å². The molecule has 0 aliphatic carbocycles. The third kappa shape index (κ3) is 5.58. The van der Waals surface area contributed by atoms with Gasteiger partial charge in [-0.2, -0.15) is 0 Å². The van der Waals surface area contributed by atoms with E-state index in [1.54, 1.807) is 11.4 Å². The van der Waals surface area contributed by atoms with E-state index < -0.39 is 5.91 Å². The van der Waals surface area contributed by atoms with E-state index in [0.29, 0.717) is 23.7 Å². The molecular weight excluding hydrogens is 338 g/mol. The first-order valence-electron chi connectivity index (χ1n) is 8.05. The Balaban J connectivity index is 1.76. The van der Waals surface area contributed by atoms with Crippen molar-refractivity contribution in [1.29, 1.82) is 0 Å². The topological polar surface area (TPSA) is 84.7 Å². The highest BCUT2D eigenvalue weighted by Gasteiger charge is 2.20. The van der Waals surface area contributed by atoms with Crippen molar-refractivity contribution in [3.05, 3.63) is 47.3 Å². The Morgan fingerprint density at radius 1 is 1.28 bits per heavy atom. The second kappa shape index (κ2) is 9.19. The number of carbonyl (C=O) groups excluding carboxylic acids is 2. The van der Waals surface area contributed by atoms with E-state index in [-0.39, 0.29) is 11.9 Å². The zero-order valence-electron chi connectivity index (χ0n) is 14.4. The Bertz CT molecular complexity index is 703. The molecule has 0 fully saturated rings. The first-order valence-corrected chi connectivity index (χ1v) is 8.93. The summed E-state index contributed by atoms with van der Waals surface area (Å²) in [6.45, 7) is 3.12. The van der Waals surface area contributed by atoms with Crippen LogP contribution < -0.4 is 15.8 Å². The molecular formula is C18H23N3O3S. The molecule has 2 aromatic rings. The number of anilines is 1. The van der Waals surface area contributed by atoms with Gasteiger partial charge in [-0.05, 0) is 44.0 Å². The van der Waals surface area contributed by atoms with Crippen LogP contribution in [0.25, 0.3) is 0 Å². The van der Waals surface area contributed by atoms with Gasteiger partial charge < -0.3 is 15.8 Å². The molecule has 1 aromatic carbocycles. The van der Waals surface area contributed by atoms with E-state index in [1.807, 2.05) is 49.2 Å². The van der Waals surface area contributed by atoms with Gasteiger partial charge in [0, 0.05) is 6.54 Å². The molecule has 0 bridgehead atoms. The van der Waals surface area contributed by atoms with Crippen molar-refractivity contribution in [1.82, 2.24) is 4.90 Å². The number of rotatable bonds is 9. The number of nitrogens with one attached hydrogen (secondary N) is 1. The molecule has 1 aromatic heterocycles. The highest BCUT2D eigenvalue weighted by Crippen LogP contribution is 2.23. The van der Waals surface area contributed by atoms with Crippen molar-refractivity contribution in [2.24, 2.45) is 5.73 Å². The fraction of sp³-hybridized carbons (Fsp3) is 0.333. The van der Waals surface area contributed by atoms with Crippen LogP contribution in [0.4, 0.5) is 5.00 Å². The molecule has 2 rings (SSSR count). The summed E-state index contributed by atoms with van der Waals surface area (Å²) in [5.41, 5.74) is 5.63. The second-order valence-electron chi connectivity index (χ2n) is 5.69. The summed E-state index contributed by atoms with van der Waals surface area (Å²) < 4.78 is 5.65. The van der Waals surface area contributed by atoms with E-state index in [9.17, 15) is 9.59 Å².